The van der Waals surface area contributed by atoms with Crippen LogP contribution < -0.4 is 20.5 Å². The number of hydrogen-bond acceptors (Lipinski definition) is 5. The number of piperidine rings is 1. The van der Waals surface area contributed by atoms with Crippen molar-refractivity contribution in [1.82, 2.24) is 10.2 Å². The van der Waals surface area contributed by atoms with E-state index < -0.39 is 10.0 Å². The number of anilines is 1. The van der Waals surface area contributed by atoms with Crippen molar-refractivity contribution in [2.75, 3.05) is 31.1 Å². The number of sulfonamides is 1. The van der Waals surface area contributed by atoms with E-state index in [0.29, 0.717) is 24.5 Å². The molecule has 2 fully saturated rings. The van der Waals surface area contributed by atoms with Gasteiger partial charge >= 0.3 is 6.03 Å². The summed E-state index contributed by atoms with van der Waals surface area (Å²) in [4.78, 5) is 14.0. The minimum Gasteiger partial charge on any atom is -0.457 e. The van der Waals surface area contributed by atoms with Crippen molar-refractivity contribution in [3.05, 3.63) is 54.1 Å². The van der Waals surface area contributed by atoms with Crippen LogP contribution in [0.2, 0.25) is 0 Å². The van der Waals surface area contributed by atoms with E-state index in [9.17, 15) is 13.2 Å². The smallest absolute Gasteiger partial charge is 0.317 e. The SMILES string of the molecule is CNC(=O)N1CCC(N)(C2(Cc3ccc(Oc4ccc(NS(C)(=O)=O)cc4)cc3)CCCCC2)CC1. The van der Waals surface area contributed by atoms with Crippen molar-refractivity contribution in [3.63, 3.8) is 0 Å². The van der Waals surface area contributed by atoms with Crippen molar-refractivity contribution >= 4 is 21.7 Å². The number of benzene rings is 2. The summed E-state index contributed by atoms with van der Waals surface area (Å²) in [6.07, 6.45) is 9.59. The Morgan fingerprint density at radius 3 is 2.03 bits per heavy atom. The van der Waals surface area contributed by atoms with Crippen LogP contribution in [0.5, 0.6) is 11.5 Å². The average Bonchev–Trinajstić information content (AvgIpc) is 2.86. The molecule has 2 aromatic carbocycles. The van der Waals surface area contributed by atoms with E-state index >= 15 is 0 Å². The van der Waals surface area contributed by atoms with Crippen LogP contribution >= 0.6 is 0 Å². The summed E-state index contributed by atoms with van der Waals surface area (Å²) in [5.74, 6) is 1.36. The first-order valence-corrected chi connectivity index (χ1v) is 14.6. The van der Waals surface area contributed by atoms with Crippen molar-refractivity contribution in [1.29, 1.82) is 0 Å². The Morgan fingerprint density at radius 1 is 0.944 bits per heavy atom. The van der Waals surface area contributed by atoms with Crippen LogP contribution in [-0.4, -0.2) is 51.3 Å². The fourth-order valence-electron chi connectivity index (χ4n) is 5.88. The van der Waals surface area contributed by atoms with E-state index in [0.717, 1.165) is 44.1 Å². The first-order chi connectivity index (χ1) is 17.1. The lowest BCUT2D eigenvalue weighted by molar-refractivity contribution is 0.0222. The highest BCUT2D eigenvalue weighted by molar-refractivity contribution is 7.92. The quantitative estimate of drug-likeness (QED) is 0.504. The van der Waals surface area contributed by atoms with Gasteiger partial charge in [0.2, 0.25) is 10.0 Å². The maximum absolute atomic E-state index is 12.1. The molecule has 0 unspecified atom stereocenters. The van der Waals surface area contributed by atoms with Gasteiger partial charge in [0.15, 0.2) is 0 Å². The van der Waals surface area contributed by atoms with Gasteiger partial charge in [0, 0.05) is 31.4 Å². The zero-order chi connectivity index (χ0) is 25.8. The van der Waals surface area contributed by atoms with Gasteiger partial charge in [0.25, 0.3) is 0 Å². The largest absolute Gasteiger partial charge is 0.457 e. The summed E-state index contributed by atoms with van der Waals surface area (Å²) in [5.41, 5.74) is 8.67. The van der Waals surface area contributed by atoms with Crippen LogP contribution in [0, 0.1) is 5.41 Å². The first-order valence-electron chi connectivity index (χ1n) is 12.7. The molecule has 196 valence electrons. The lowest BCUT2D eigenvalue weighted by Gasteiger charge is -2.54. The standard InChI is InChI=1S/C27H38N4O4S/c1-29-25(32)31-18-16-27(28,17-19-31)26(14-4-3-5-15-26)20-21-6-10-23(11-7-21)35-24-12-8-22(9-13-24)30-36(2,33)34/h6-13,30H,3-5,14-20,28H2,1-2H3,(H,29,32). The third-order valence-electron chi connectivity index (χ3n) is 7.88. The van der Waals surface area contributed by atoms with Gasteiger partial charge in [0.05, 0.1) is 6.26 Å². The van der Waals surface area contributed by atoms with Gasteiger partial charge < -0.3 is 20.7 Å². The van der Waals surface area contributed by atoms with Crippen LogP contribution in [0.1, 0.15) is 50.5 Å². The highest BCUT2D eigenvalue weighted by Crippen LogP contribution is 2.50. The molecule has 8 nitrogen and oxygen atoms in total. The van der Waals surface area contributed by atoms with Crippen molar-refractivity contribution in [2.45, 2.75) is 56.9 Å². The van der Waals surface area contributed by atoms with Gasteiger partial charge in [-0.25, -0.2) is 13.2 Å². The summed E-state index contributed by atoms with van der Waals surface area (Å²) < 4.78 is 31.2. The van der Waals surface area contributed by atoms with Gasteiger partial charge in [0.1, 0.15) is 11.5 Å². The second-order valence-corrected chi connectivity index (χ2v) is 12.1. The number of likely N-dealkylation sites (tertiary alicyclic amines) is 1. The average molecular weight is 515 g/mol. The number of amides is 2. The molecule has 1 saturated carbocycles. The molecule has 1 saturated heterocycles. The molecule has 0 bridgehead atoms. The third-order valence-corrected chi connectivity index (χ3v) is 8.49. The topological polar surface area (TPSA) is 114 Å². The zero-order valence-corrected chi connectivity index (χ0v) is 22.1. The summed E-state index contributed by atoms with van der Waals surface area (Å²) in [7, 11) is -1.64. The number of rotatable bonds is 7. The molecule has 2 aliphatic rings. The number of nitrogens with one attached hydrogen (secondary N) is 2. The number of carbonyl (C=O) groups is 1. The molecule has 36 heavy (non-hydrogen) atoms. The Bertz CT molecular complexity index is 1140. The fourth-order valence-corrected chi connectivity index (χ4v) is 6.45. The van der Waals surface area contributed by atoms with Crippen LogP contribution in [0.3, 0.4) is 0 Å². The monoisotopic (exact) mass is 514 g/mol. The molecule has 2 aromatic rings. The third kappa shape index (κ3) is 6.13. The minimum atomic E-state index is -3.31. The van der Waals surface area contributed by atoms with Crippen molar-refractivity contribution < 1.29 is 17.9 Å². The zero-order valence-electron chi connectivity index (χ0n) is 21.3. The molecular weight excluding hydrogens is 476 g/mol. The molecule has 9 heteroatoms. The van der Waals surface area contributed by atoms with Crippen molar-refractivity contribution in [2.24, 2.45) is 11.1 Å². The maximum Gasteiger partial charge on any atom is 0.317 e. The molecular formula is C27H38N4O4S. The number of urea groups is 1. The number of hydrogen-bond donors (Lipinski definition) is 3. The Kier molecular flexibility index (Phi) is 7.80. The molecule has 0 aromatic heterocycles. The molecule has 0 atom stereocenters. The summed E-state index contributed by atoms with van der Waals surface area (Å²) in [6.45, 7) is 1.40. The van der Waals surface area contributed by atoms with E-state index in [1.807, 2.05) is 17.0 Å². The highest BCUT2D eigenvalue weighted by atomic mass is 32.2. The summed E-state index contributed by atoms with van der Waals surface area (Å²) in [6, 6.07) is 15.0. The summed E-state index contributed by atoms with van der Waals surface area (Å²) >= 11 is 0. The van der Waals surface area contributed by atoms with E-state index in [1.54, 1.807) is 31.3 Å². The van der Waals surface area contributed by atoms with E-state index in [2.05, 4.69) is 22.2 Å². The number of nitrogens with zero attached hydrogens (tertiary/aromatic N) is 1. The number of nitrogens with two attached hydrogens (primary N) is 1. The van der Waals surface area contributed by atoms with Gasteiger partial charge in [-0.1, -0.05) is 31.4 Å². The number of carbonyl (C=O) groups excluding carboxylic acids is 1. The second kappa shape index (κ2) is 10.7. The van der Waals surface area contributed by atoms with Gasteiger partial charge in [-0.3, -0.25) is 4.72 Å². The first kappa shape index (κ1) is 26.3. The molecule has 0 spiro atoms. The van der Waals surface area contributed by atoms with Crippen molar-refractivity contribution in [3.8, 4) is 11.5 Å². The van der Waals surface area contributed by atoms with Crippen LogP contribution in [0.4, 0.5) is 10.5 Å². The van der Waals surface area contributed by atoms with Gasteiger partial charge in [-0.15, -0.1) is 0 Å². The van der Waals surface area contributed by atoms with E-state index in [4.69, 9.17) is 10.5 Å². The molecule has 1 aliphatic heterocycles. The predicted molar refractivity (Wildman–Crippen MR) is 143 cm³/mol. The van der Waals surface area contributed by atoms with Crippen LogP contribution in [-0.2, 0) is 16.4 Å². The maximum atomic E-state index is 12.1. The molecule has 2 amide bonds. The molecule has 4 N–H and O–H groups in total. The van der Waals surface area contributed by atoms with Crippen LogP contribution in [0.15, 0.2) is 48.5 Å². The van der Waals surface area contributed by atoms with E-state index in [-0.39, 0.29) is 17.0 Å². The van der Waals surface area contributed by atoms with Gasteiger partial charge in [-0.05, 0) is 79.5 Å². The molecule has 1 heterocycles. The molecule has 1 aliphatic carbocycles. The second-order valence-electron chi connectivity index (χ2n) is 10.4. The molecule has 4 rings (SSSR count). The lowest BCUT2D eigenvalue weighted by Crippen LogP contribution is -2.63. The van der Waals surface area contributed by atoms with Gasteiger partial charge in [-0.2, -0.15) is 0 Å². The lowest BCUT2D eigenvalue weighted by atomic mass is 9.56. The van der Waals surface area contributed by atoms with E-state index in [1.165, 1.54) is 24.8 Å². The highest BCUT2D eigenvalue weighted by Gasteiger charge is 2.50. The molecule has 0 radical (unpaired) electrons. The Labute approximate surface area is 214 Å². The van der Waals surface area contributed by atoms with Crippen LogP contribution in [0.25, 0.3) is 0 Å². The normalized spacial score (nSPS) is 19.4. The predicted octanol–water partition coefficient (Wildman–Crippen LogP) is 4.48. The Morgan fingerprint density at radius 2 is 1.50 bits per heavy atom. The fraction of sp³-hybridized carbons (Fsp3) is 0.519. The Balaban J connectivity index is 1.44. The number of ether oxygens (including phenoxy) is 1. The minimum absolute atomic E-state index is 0.0216. The Hall–Kier alpha value is -2.78. The summed E-state index contributed by atoms with van der Waals surface area (Å²) in [5, 5.41) is 2.73.